The van der Waals surface area contributed by atoms with Gasteiger partial charge in [-0.1, -0.05) is 43.2 Å². The summed E-state index contributed by atoms with van der Waals surface area (Å²) in [5, 5.41) is 12.1. The molecule has 1 aliphatic carbocycles. The lowest BCUT2D eigenvalue weighted by atomic mass is 9.80. The van der Waals surface area contributed by atoms with Crippen molar-refractivity contribution in [3.8, 4) is 11.3 Å². The number of aryl methyl sites for hydroxylation is 2. The summed E-state index contributed by atoms with van der Waals surface area (Å²) >= 11 is 0. The Morgan fingerprint density at radius 3 is 2.62 bits per heavy atom. The Morgan fingerprint density at radius 2 is 1.93 bits per heavy atom. The average Bonchev–Trinajstić information content (AvgIpc) is 3.47. The Kier molecular flexibility index (Phi) is 5.51. The van der Waals surface area contributed by atoms with E-state index in [-0.39, 0.29) is 11.3 Å². The van der Waals surface area contributed by atoms with Crippen molar-refractivity contribution in [2.75, 3.05) is 6.54 Å². The topological polar surface area (TPSA) is 64.7 Å². The van der Waals surface area contributed by atoms with Crippen LogP contribution in [0.1, 0.15) is 48.5 Å². The molecule has 0 saturated heterocycles. The maximum absolute atomic E-state index is 13.1. The summed E-state index contributed by atoms with van der Waals surface area (Å²) < 4.78 is 3.54. The smallest absolute Gasteiger partial charge is 0.255 e. The van der Waals surface area contributed by atoms with Gasteiger partial charge in [0, 0.05) is 38.1 Å². The minimum Gasteiger partial charge on any atom is -0.351 e. The molecular weight excluding hydrogens is 362 g/mol. The molecule has 4 rings (SSSR count). The third-order valence-corrected chi connectivity index (χ3v) is 6.01. The van der Waals surface area contributed by atoms with Crippen molar-refractivity contribution in [2.24, 2.45) is 12.5 Å². The fourth-order valence-corrected chi connectivity index (χ4v) is 4.46. The number of carbonyl (C=O) groups is 1. The van der Waals surface area contributed by atoms with E-state index in [0.29, 0.717) is 17.8 Å². The number of rotatable bonds is 7. The number of aromatic nitrogens is 4. The molecule has 0 atom stereocenters. The predicted octanol–water partition coefficient (Wildman–Crippen LogP) is 3.84. The second-order valence-corrected chi connectivity index (χ2v) is 8.20. The van der Waals surface area contributed by atoms with Crippen molar-refractivity contribution in [3.05, 3.63) is 60.0 Å². The number of hydrogen-bond donors (Lipinski definition) is 1. The summed E-state index contributed by atoms with van der Waals surface area (Å²) in [5.41, 5.74) is 3.66. The number of nitrogens with zero attached hydrogens (tertiary/aromatic N) is 4. The lowest BCUT2D eigenvalue weighted by Gasteiger charge is -2.29. The molecule has 2 aromatic heterocycles. The molecule has 0 spiro atoms. The van der Waals surface area contributed by atoms with Crippen molar-refractivity contribution in [3.63, 3.8) is 0 Å². The summed E-state index contributed by atoms with van der Waals surface area (Å²) in [6, 6.07) is 10.6. The molecule has 6 nitrogen and oxygen atoms in total. The number of benzene rings is 1. The zero-order valence-corrected chi connectivity index (χ0v) is 17.3. The Bertz CT molecular complexity index is 966. The van der Waals surface area contributed by atoms with E-state index in [2.05, 4.69) is 45.8 Å². The SMILES string of the molecule is CCn1cc(-c2nn(C)cc2C(=O)NCC2(Cc3ccccc3)CCCC2)cn1. The van der Waals surface area contributed by atoms with E-state index in [1.54, 1.807) is 17.1 Å². The van der Waals surface area contributed by atoms with Gasteiger partial charge in [0.1, 0.15) is 5.69 Å². The lowest BCUT2D eigenvalue weighted by molar-refractivity contribution is 0.0930. The molecule has 1 saturated carbocycles. The van der Waals surface area contributed by atoms with E-state index < -0.39 is 0 Å². The summed E-state index contributed by atoms with van der Waals surface area (Å²) in [5.74, 6) is -0.0586. The van der Waals surface area contributed by atoms with Crippen LogP contribution in [0.3, 0.4) is 0 Å². The van der Waals surface area contributed by atoms with Crippen molar-refractivity contribution in [2.45, 2.75) is 45.6 Å². The van der Waals surface area contributed by atoms with E-state index in [4.69, 9.17) is 0 Å². The Hall–Kier alpha value is -2.89. The molecule has 1 aliphatic rings. The lowest BCUT2D eigenvalue weighted by Crippen LogP contribution is -2.37. The minimum atomic E-state index is -0.0586. The van der Waals surface area contributed by atoms with Crippen molar-refractivity contribution in [1.82, 2.24) is 24.9 Å². The highest BCUT2D eigenvalue weighted by Crippen LogP contribution is 2.40. The van der Waals surface area contributed by atoms with Gasteiger partial charge in [-0.2, -0.15) is 10.2 Å². The Morgan fingerprint density at radius 1 is 1.17 bits per heavy atom. The quantitative estimate of drug-likeness (QED) is 0.666. The number of nitrogens with one attached hydrogen (secondary N) is 1. The van der Waals surface area contributed by atoms with Gasteiger partial charge in [0.05, 0.1) is 11.8 Å². The van der Waals surface area contributed by atoms with E-state index in [1.165, 1.54) is 18.4 Å². The number of carbonyl (C=O) groups excluding carboxylic acids is 1. The van der Waals surface area contributed by atoms with Crippen molar-refractivity contribution >= 4 is 5.91 Å². The summed E-state index contributed by atoms with van der Waals surface area (Å²) in [6.07, 6.45) is 11.3. The van der Waals surface area contributed by atoms with Crippen LogP contribution in [0.4, 0.5) is 0 Å². The predicted molar refractivity (Wildman–Crippen MR) is 113 cm³/mol. The fraction of sp³-hybridized carbons (Fsp3) is 0.435. The summed E-state index contributed by atoms with van der Waals surface area (Å²) in [4.78, 5) is 13.1. The van der Waals surface area contributed by atoms with Crippen molar-refractivity contribution in [1.29, 1.82) is 0 Å². The van der Waals surface area contributed by atoms with E-state index in [1.807, 2.05) is 24.9 Å². The van der Waals surface area contributed by atoms with Crippen LogP contribution in [0.5, 0.6) is 0 Å². The first-order chi connectivity index (χ1) is 14.1. The highest BCUT2D eigenvalue weighted by atomic mass is 16.1. The van der Waals surface area contributed by atoms with Crippen LogP contribution in [0.25, 0.3) is 11.3 Å². The van der Waals surface area contributed by atoms with Gasteiger partial charge in [-0.25, -0.2) is 0 Å². The Labute approximate surface area is 171 Å². The zero-order valence-electron chi connectivity index (χ0n) is 17.3. The first-order valence-electron chi connectivity index (χ1n) is 10.5. The molecule has 152 valence electrons. The minimum absolute atomic E-state index is 0.0586. The van der Waals surface area contributed by atoms with Gasteiger partial charge in [-0.3, -0.25) is 14.2 Å². The molecular formula is C23H29N5O. The highest BCUT2D eigenvalue weighted by Gasteiger charge is 2.34. The molecule has 1 aromatic carbocycles. The second-order valence-electron chi connectivity index (χ2n) is 8.20. The van der Waals surface area contributed by atoms with Gasteiger partial charge >= 0.3 is 0 Å². The molecule has 29 heavy (non-hydrogen) atoms. The molecule has 0 radical (unpaired) electrons. The Balaban J connectivity index is 1.50. The van der Waals surface area contributed by atoms with Crippen LogP contribution in [0, 0.1) is 5.41 Å². The molecule has 1 N–H and O–H groups in total. The molecule has 0 aliphatic heterocycles. The largest absolute Gasteiger partial charge is 0.351 e. The summed E-state index contributed by atoms with van der Waals surface area (Å²) in [6.45, 7) is 3.52. The average molecular weight is 392 g/mol. The van der Waals surface area contributed by atoms with Crippen LogP contribution < -0.4 is 5.32 Å². The van der Waals surface area contributed by atoms with Gasteiger partial charge in [0.2, 0.25) is 0 Å². The van der Waals surface area contributed by atoms with Crippen LogP contribution in [-0.2, 0) is 20.0 Å². The maximum atomic E-state index is 13.1. The van der Waals surface area contributed by atoms with E-state index >= 15 is 0 Å². The van der Waals surface area contributed by atoms with Gasteiger partial charge in [0.25, 0.3) is 5.91 Å². The molecule has 6 heteroatoms. The van der Waals surface area contributed by atoms with Gasteiger partial charge in [0.15, 0.2) is 0 Å². The summed E-state index contributed by atoms with van der Waals surface area (Å²) in [7, 11) is 1.85. The molecule has 0 bridgehead atoms. The third-order valence-electron chi connectivity index (χ3n) is 6.01. The molecule has 2 heterocycles. The van der Waals surface area contributed by atoms with Crippen LogP contribution in [0.15, 0.2) is 48.9 Å². The zero-order chi connectivity index (χ0) is 20.3. The van der Waals surface area contributed by atoms with Crippen LogP contribution in [0.2, 0.25) is 0 Å². The van der Waals surface area contributed by atoms with Gasteiger partial charge < -0.3 is 5.32 Å². The van der Waals surface area contributed by atoms with E-state index in [9.17, 15) is 4.79 Å². The number of hydrogen-bond acceptors (Lipinski definition) is 3. The molecule has 0 unspecified atom stereocenters. The highest BCUT2D eigenvalue weighted by molar-refractivity contribution is 5.99. The number of amides is 1. The monoisotopic (exact) mass is 391 g/mol. The van der Waals surface area contributed by atoms with Gasteiger partial charge in [-0.15, -0.1) is 0 Å². The molecule has 1 amide bonds. The normalized spacial score (nSPS) is 15.5. The van der Waals surface area contributed by atoms with E-state index in [0.717, 1.165) is 31.4 Å². The molecule has 1 fully saturated rings. The van der Waals surface area contributed by atoms with Crippen molar-refractivity contribution < 1.29 is 4.79 Å². The first kappa shape index (κ1) is 19.4. The third kappa shape index (κ3) is 4.26. The van der Waals surface area contributed by atoms with Crippen LogP contribution >= 0.6 is 0 Å². The molecule has 3 aromatic rings. The van der Waals surface area contributed by atoms with Gasteiger partial charge in [-0.05, 0) is 37.2 Å². The fourth-order valence-electron chi connectivity index (χ4n) is 4.46. The second kappa shape index (κ2) is 8.23. The van der Waals surface area contributed by atoms with Crippen LogP contribution in [-0.4, -0.2) is 32.0 Å². The standard InChI is InChI=1S/C23H29N5O/c1-3-28-15-19(14-25-28)21-20(16-27(2)26-21)22(29)24-17-23(11-7-8-12-23)13-18-9-5-4-6-10-18/h4-6,9-10,14-16H,3,7-8,11-13,17H2,1-2H3,(H,24,29). The first-order valence-corrected chi connectivity index (χ1v) is 10.5. The maximum Gasteiger partial charge on any atom is 0.255 e.